The Bertz CT molecular complexity index is 522. The zero-order chi connectivity index (χ0) is 16.9. The van der Waals surface area contributed by atoms with Crippen molar-refractivity contribution in [3.8, 4) is 0 Å². The molecule has 0 aliphatic heterocycles. The third-order valence-corrected chi connectivity index (χ3v) is 4.23. The van der Waals surface area contributed by atoms with Crippen LogP contribution in [0.5, 0.6) is 0 Å². The Morgan fingerprint density at radius 2 is 1.83 bits per heavy atom. The van der Waals surface area contributed by atoms with Gasteiger partial charge in [-0.2, -0.15) is 0 Å². The van der Waals surface area contributed by atoms with Crippen LogP contribution in [0, 0.1) is 0 Å². The fourth-order valence-corrected chi connectivity index (χ4v) is 3.10. The van der Waals surface area contributed by atoms with Crippen molar-refractivity contribution in [2.24, 2.45) is 0 Å². The Labute approximate surface area is 140 Å². The molecular formula is C19H30N2O2. The molecule has 23 heavy (non-hydrogen) atoms. The van der Waals surface area contributed by atoms with Gasteiger partial charge < -0.3 is 15.4 Å². The molecule has 0 spiro atoms. The molecule has 2 N–H and O–H groups in total. The van der Waals surface area contributed by atoms with Crippen LogP contribution in [0.1, 0.15) is 58.1 Å². The van der Waals surface area contributed by atoms with Gasteiger partial charge in [0.25, 0.3) is 0 Å². The van der Waals surface area contributed by atoms with Crippen molar-refractivity contribution >= 4 is 6.09 Å². The molecule has 4 heteroatoms. The molecule has 2 unspecified atom stereocenters. The van der Waals surface area contributed by atoms with Crippen LogP contribution in [0.25, 0.3) is 0 Å². The van der Waals surface area contributed by atoms with E-state index in [1.165, 1.54) is 11.1 Å². The number of ether oxygens (including phenoxy) is 1. The average molecular weight is 318 g/mol. The summed E-state index contributed by atoms with van der Waals surface area (Å²) in [7, 11) is 0. The Morgan fingerprint density at radius 3 is 2.48 bits per heavy atom. The highest BCUT2D eigenvalue weighted by Crippen LogP contribution is 2.21. The highest BCUT2D eigenvalue weighted by Gasteiger charge is 2.27. The monoisotopic (exact) mass is 318 g/mol. The van der Waals surface area contributed by atoms with Gasteiger partial charge in [0, 0.05) is 18.6 Å². The summed E-state index contributed by atoms with van der Waals surface area (Å²) < 4.78 is 5.32. The molecule has 4 nitrogen and oxygen atoms in total. The lowest BCUT2D eigenvalue weighted by Gasteiger charge is -2.22. The van der Waals surface area contributed by atoms with E-state index in [9.17, 15) is 4.79 Å². The fraction of sp³-hybridized carbons (Fsp3) is 0.632. The Morgan fingerprint density at radius 1 is 1.17 bits per heavy atom. The number of aryl methyl sites for hydroxylation is 1. The molecular weight excluding hydrogens is 288 g/mol. The molecule has 1 aromatic rings. The second kappa shape index (κ2) is 7.82. The van der Waals surface area contributed by atoms with Gasteiger partial charge in [-0.1, -0.05) is 31.2 Å². The Hall–Kier alpha value is -1.55. The second-order valence-corrected chi connectivity index (χ2v) is 7.36. The molecule has 2 rings (SSSR count). The van der Waals surface area contributed by atoms with Gasteiger partial charge in [0.15, 0.2) is 0 Å². The minimum Gasteiger partial charge on any atom is -0.444 e. The molecule has 2 atom stereocenters. The third kappa shape index (κ3) is 5.87. The zero-order valence-corrected chi connectivity index (χ0v) is 14.8. The lowest BCUT2D eigenvalue weighted by molar-refractivity contribution is 0.0505. The molecule has 1 amide bonds. The summed E-state index contributed by atoms with van der Waals surface area (Å²) in [5.74, 6) is 0. The second-order valence-electron chi connectivity index (χ2n) is 7.36. The molecule has 0 radical (unpaired) electrons. The van der Waals surface area contributed by atoms with Crippen molar-refractivity contribution in [3.63, 3.8) is 0 Å². The molecule has 0 bridgehead atoms. The third-order valence-electron chi connectivity index (χ3n) is 4.23. The average Bonchev–Trinajstić information content (AvgIpc) is 2.90. The smallest absolute Gasteiger partial charge is 0.407 e. The van der Waals surface area contributed by atoms with E-state index in [2.05, 4.69) is 41.8 Å². The van der Waals surface area contributed by atoms with Gasteiger partial charge in [-0.25, -0.2) is 4.79 Å². The predicted octanol–water partition coefficient (Wildman–Crippen LogP) is 3.78. The molecule has 0 aromatic heterocycles. The Kier molecular flexibility index (Phi) is 6.05. The molecule has 1 aromatic carbocycles. The molecule has 1 fully saturated rings. The summed E-state index contributed by atoms with van der Waals surface area (Å²) in [4.78, 5) is 11.8. The molecule has 1 aliphatic carbocycles. The SMILES string of the molecule is CCc1ccccc1CNC1CCC(NC(=O)OC(C)(C)C)C1. The van der Waals surface area contributed by atoms with Gasteiger partial charge in [0.2, 0.25) is 0 Å². The van der Waals surface area contributed by atoms with Crippen molar-refractivity contribution in [2.45, 2.75) is 77.6 Å². The van der Waals surface area contributed by atoms with E-state index in [4.69, 9.17) is 4.74 Å². The van der Waals surface area contributed by atoms with Crippen molar-refractivity contribution < 1.29 is 9.53 Å². The van der Waals surface area contributed by atoms with Crippen molar-refractivity contribution in [2.75, 3.05) is 0 Å². The summed E-state index contributed by atoms with van der Waals surface area (Å²) in [6.07, 6.45) is 3.82. The Balaban J connectivity index is 1.76. The number of amides is 1. The van der Waals surface area contributed by atoms with Gasteiger partial charge in [0.05, 0.1) is 0 Å². The van der Waals surface area contributed by atoms with Crippen LogP contribution in [0.15, 0.2) is 24.3 Å². The number of hydrogen-bond acceptors (Lipinski definition) is 3. The zero-order valence-electron chi connectivity index (χ0n) is 14.8. The fourth-order valence-electron chi connectivity index (χ4n) is 3.10. The lowest BCUT2D eigenvalue weighted by Crippen LogP contribution is -2.39. The van der Waals surface area contributed by atoms with Gasteiger partial charge in [-0.15, -0.1) is 0 Å². The van der Waals surface area contributed by atoms with Crippen molar-refractivity contribution in [1.29, 1.82) is 0 Å². The molecule has 1 aliphatic rings. The first kappa shape index (κ1) is 17.8. The standard InChI is InChI=1S/C19H30N2O2/c1-5-14-8-6-7-9-15(14)13-20-16-10-11-17(12-16)21-18(22)23-19(2,3)4/h6-9,16-17,20H,5,10-13H2,1-4H3,(H,21,22). The minimum absolute atomic E-state index is 0.212. The number of carbonyl (C=O) groups is 1. The highest BCUT2D eigenvalue weighted by atomic mass is 16.6. The van der Waals surface area contributed by atoms with E-state index in [0.717, 1.165) is 32.2 Å². The molecule has 0 heterocycles. The molecule has 0 saturated heterocycles. The van der Waals surface area contributed by atoms with Gasteiger partial charge in [-0.3, -0.25) is 0 Å². The largest absolute Gasteiger partial charge is 0.444 e. The quantitative estimate of drug-likeness (QED) is 0.868. The van der Waals surface area contributed by atoms with E-state index in [-0.39, 0.29) is 12.1 Å². The number of hydrogen-bond donors (Lipinski definition) is 2. The number of benzene rings is 1. The maximum atomic E-state index is 11.8. The number of rotatable bonds is 5. The number of carbonyl (C=O) groups excluding carboxylic acids is 1. The summed E-state index contributed by atoms with van der Waals surface area (Å²) in [5, 5.41) is 6.62. The van der Waals surface area contributed by atoms with E-state index in [1.54, 1.807) is 0 Å². The van der Waals surface area contributed by atoms with E-state index in [0.29, 0.717) is 6.04 Å². The summed E-state index contributed by atoms with van der Waals surface area (Å²) in [6, 6.07) is 9.25. The van der Waals surface area contributed by atoms with Crippen LogP contribution in [0.2, 0.25) is 0 Å². The van der Waals surface area contributed by atoms with Crippen LogP contribution in [-0.4, -0.2) is 23.8 Å². The van der Waals surface area contributed by atoms with Gasteiger partial charge in [-0.05, 0) is 57.6 Å². The van der Waals surface area contributed by atoms with Gasteiger partial charge >= 0.3 is 6.09 Å². The van der Waals surface area contributed by atoms with Crippen molar-refractivity contribution in [1.82, 2.24) is 10.6 Å². The van der Waals surface area contributed by atoms with Crippen molar-refractivity contribution in [3.05, 3.63) is 35.4 Å². The first-order chi connectivity index (χ1) is 10.9. The predicted molar refractivity (Wildman–Crippen MR) is 93.5 cm³/mol. The van der Waals surface area contributed by atoms with Crippen LogP contribution >= 0.6 is 0 Å². The minimum atomic E-state index is -0.440. The van der Waals surface area contributed by atoms with Crippen LogP contribution in [-0.2, 0) is 17.7 Å². The number of nitrogens with one attached hydrogen (secondary N) is 2. The van der Waals surface area contributed by atoms with E-state index >= 15 is 0 Å². The summed E-state index contributed by atoms with van der Waals surface area (Å²) >= 11 is 0. The van der Waals surface area contributed by atoms with Crippen LogP contribution < -0.4 is 10.6 Å². The van der Waals surface area contributed by atoms with E-state index in [1.807, 2.05) is 20.8 Å². The topological polar surface area (TPSA) is 50.4 Å². The number of alkyl carbamates (subject to hydrolysis) is 1. The van der Waals surface area contributed by atoms with Gasteiger partial charge in [0.1, 0.15) is 5.60 Å². The first-order valence-electron chi connectivity index (χ1n) is 8.67. The molecule has 128 valence electrons. The maximum Gasteiger partial charge on any atom is 0.407 e. The first-order valence-corrected chi connectivity index (χ1v) is 8.67. The van der Waals surface area contributed by atoms with Crippen LogP contribution in [0.3, 0.4) is 0 Å². The van der Waals surface area contributed by atoms with Crippen LogP contribution in [0.4, 0.5) is 4.79 Å². The normalized spacial score (nSPS) is 21.2. The lowest BCUT2D eigenvalue weighted by atomic mass is 10.0. The maximum absolute atomic E-state index is 11.8. The summed E-state index contributed by atoms with van der Waals surface area (Å²) in [6.45, 7) is 8.74. The van der Waals surface area contributed by atoms with E-state index < -0.39 is 5.60 Å². The highest BCUT2D eigenvalue weighted by molar-refractivity contribution is 5.68. The summed E-state index contributed by atoms with van der Waals surface area (Å²) in [5.41, 5.74) is 2.34. The molecule has 1 saturated carbocycles.